The van der Waals surface area contributed by atoms with E-state index in [1.54, 1.807) is 11.6 Å². The molecule has 0 spiro atoms. The second-order valence-corrected chi connectivity index (χ2v) is 7.91. The summed E-state index contributed by atoms with van der Waals surface area (Å²) < 4.78 is 27.9. The lowest BCUT2D eigenvalue weighted by Gasteiger charge is -2.23. The van der Waals surface area contributed by atoms with Gasteiger partial charge in [0.05, 0.1) is 33.9 Å². The molecule has 5 nitrogen and oxygen atoms in total. The number of aromatic amines is 1. The Morgan fingerprint density at radius 2 is 2.00 bits per heavy atom. The molecule has 4 aromatic rings. The van der Waals surface area contributed by atoms with Gasteiger partial charge in [-0.3, -0.25) is 9.59 Å². The number of hydrogen-bond acceptors (Lipinski definition) is 4. The van der Waals surface area contributed by atoms with Crippen LogP contribution < -0.4 is 10.5 Å². The molecule has 2 aromatic heterocycles. The number of fused-ring (bicyclic) bond motifs is 1. The van der Waals surface area contributed by atoms with E-state index < -0.39 is 23.1 Å². The Hall–Kier alpha value is -3.10. The van der Waals surface area contributed by atoms with Crippen molar-refractivity contribution in [2.24, 2.45) is 0 Å². The van der Waals surface area contributed by atoms with Gasteiger partial charge in [0.25, 0.3) is 5.91 Å². The lowest BCUT2D eigenvalue weighted by atomic mass is 10.1. The predicted molar refractivity (Wildman–Crippen MR) is 113 cm³/mol. The van der Waals surface area contributed by atoms with E-state index in [-0.39, 0.29) is 28.0 Å². The molecule has 4 rings (SSSR count). The molecule has 0 aliphatic heterocycles. The molecule has 0 unspecified atom stereocenters. The number of anilines is 1. The van der Waals surface area contributed by atoms with Gasteiger partial charge in [0, 0.05) is 22.0 Å². The second kappa shape index (κ2) is 7.97. The number of carbonyl (C=O) groups is 1. The lowest BCUT2D eigenvalue weighted by molar-refractivity contribution is 0.0986. The fraction of sp³-hybridized carbons (Fsp3) is 0.0952. The topological polar surface area (TPSA) is 66.1 Å². The van der Waals surface area contributed by atoms with Crippen LogP contribution in [0.5, 0.6) is 0 Å². The van der Waals surface area contributed by atoms with Crippen LogP contribution in [-0.2, 0) is 6.54 Å². The Labute approximate surface area is 178 Å². The van der Waals surface area contributed by atoms with Crippen LogP contribution in [0.25, 0.3) is 10.9 Å². The van der Waals surface area contributed by atoms with E-state index in [1.807, 2.05) is 6.92 Å². The van der Waals surface area contributed by atoms with E-state index in [4.69, 9.17) is 11.6 Å². The standard InChI is InChI=1S/C21H14ClF2N3O2S/c1-11-18(30-10-25-11)9-27(12-5-6-16(23)15(22)7-12)21(29)14-8-19(28)26-20-13(14)3-2-4-17(20)24/h2-8,10H,9H2,1H3,(H,26,28). The number of amides is 1. The van der Waals surface area contributed by atoms with Crippen LogP contribution in [0.4, 0.5) is 14.5 Å². The first-order valence-corrected chi connectivity index (χ1v) is 10.1. The van der Waals surface area contributed by atoms with E-state index in [9.17, 15) is 18.4 Å². The summed E-state index contributed by atoms with van der Waals surface area (Å²) in [6.07, 6.45) is 0. The highest BCUT2D eigenvalue weighted by atomic mass is 35.5. The Kier molecular flexibility index (Phi) is 5.36. The SMILES string of the molecule is Cc1ncsc1CN(C(=O)c1cc(=O)[nH]c2c(F)cccc12)c1ccc(F)c(Cl)c1. The van der Waals surface area contributed by atoms with Crippen LogP contribution in [0.1, 0.15) is 20.9 Å². The van der Waals surface area contributed by atoms with Crippen LogP contribution in [0.15, 0.2) is 52.8 Å². The van der Waals surface area contributed by atoms with Gasteiger partial charge >= 0.3 is 0 Å². The number of aromatic nitrogens is 2. The number of carbonyl (C=O) groups excluding carboxylic acids is 1. The minimum absolute atomic E-state index is 0.0239. The highest BCUT2D eigenvalue weighted by Gasteiger charge is 2.24. The number of nitrogens with zero attached hydrogens (tertiary/aromatic N) is 2. The first kappa shape index (κ1) is 20.2. The molecule has 0 saturated heterocycles. The molecule has 0 aliphatic rings. The van der Waals surface area contributed by atoms with Crippen molar-refractivity contribution in [3.63, 3.8) is 0 Å². The largest absolute Gasteiger partial charge is 0.319 e. The maximum atomic E-state index is 14.2. The molecule has 0 atom stereocenters. The van der Waals surface area contributed by atoms with Gasteiger partial charge in [-0.1, -0.05) is 23.7 Å². The molecule has 1 N–H and O–H groups in total. The van der Waals surface area contributed by atoms with Gasteiger partial charge in [-0.15, -0.1) is 11.3 Å². The molecule has 0 aliphatic carbocycles. The highest BCUT2D eigenvalue weighted by Crippen LogP contribution is 2.29. The van der Waals surface area contributed by atoms with Crippen molar-refractivity contribution in [1.29, 1.82) is 0 Å². The fourth-order valence-electron chi connectivity index (χ4n) is 3.12. The molecule has 9 heteroatoms. The van der Waals surface area contributed by atoms with Gasteiger partial charge in [-0.25, -0.2) is 13.8 Å². The third-order valence-corrected chi connectivity index (χ3v) is 5.87. The maximum absolute atomic E-state index is 14.2. The molecular weight excluding hydrogens is 432 g/mol. The number of benzene rings is 2. The van der Waals surface area contributed by atoms with Gasteiger partial charge in [-0.2, -0.15) is 0 Å². The number of hydrogen-bond donors (Lipinski definition) is 1. The van der Waals surface area contributed by atoms with Crippen molar-refractivity contribution in [3.05, 3.63) is 91.1 Å². The zero-order valence-electron chi connectivity index (χ0n) is 15.6. The second-order valence-electron chi connectivity index (χ2n) is 6.56. The lowest BCUT2D eigenvalue weighted by Crippen LogP contribution is -2.31. The van der Waals surface area contributed by atoms with Crippen molar-refractivity contribution in [3.8, 4) is 0 Å². The van der Waals surface area contributed by atoms with Crippen molar-refractivity contribution >= 4 is 45.4 Å². The number of thiazole rings is 1. The molecule has 2 aromatic carbocycles. The van der Waals surface area contributed by atoms with Gasteiger partial charge in [0.2, 0.25) is 5.56 Å². The highest BCUT2D eigenvalue weighted by molar-refractivity contribution is 7.09. The Morgan fingerprint density at radius 1 is 1.20 bits per heavy atom. The average Bonchev–Trinajstić information content (AvgIpc) is 3.12. The molecule has 2 heterocycles. The van der Waals surface area contributed by atoms with Gasteiger partial charge in [0.1, 0.15) is 11.6 Å². The quantitative estimate of drug-likeness (QED) is 0.477. The van der Waals surface area contributed by atoms with Crippen LogP contribution in [0, 0.1) is 18.6 Å². The number of rotatable bonds is 4. The number of pyridine rings is 1. The van der Waals surface area contributed by atoms with Crippen molar-refractivity contribution in [1.82, 2.24) is 9.97 Å². The summed E-state index contributed by atoms with van der Waals surface area (Å²) in [7, 11) is 0. The molecular formula is C21H14ClF2N3O2S. The molecule has 30 heavy (non-hydrogen) atoms. The minimum atomic E-state index is -0.645. The van der Waals surface area contributed by atoms with Gasteiger partial charge in [0.15, 0.2) is 0 Å². The number of para-hydroxylation sites is 1. The number of nitrogens with one attached hydrogen (secondary N) is 1. The zero-order valence-corrected chi connectivity index (χ0v) is 17.2. The molecule has 152 valence electrons. The molecule has 0 bridgehead atoms. The summed E-state index contributed by atoms with van der Waals surface area (Å²) in [6.45, 7) is 1.94. The summed E-state index contributed by atoms with van der Waals surface area (Å²) >= 11 is 7.30. The maximum Gasteiger partial charge on any atom is 0.259 e. The first-order chi connectivity index (χ1) is 14.3. The van der Waals surface area contributed by atoms with E-state index in [0.717, 1.165) is 22.7 Å². The molecule has 0 radical (unpaired) electrons. The Balaban J connectivity index is 1.89. The van der Waals surface area contributed by atoms with E-state index in [0.29, 0.717) is 5.69 Å². The smallest absolute Gasteiger partial charge is 0.259 e. The summed E-state index contributed by atoms with van der Waals surface area (Å²) in [5.41, 5.74) is 2.09. The Bertz CT molecular complexity index is 1340. The number of halogens is 3. The third-order valence-electron chi connectivity index (χ3n) is 4.66. The molecule has 0 fully saturated rings. The molecule has 0 saturated carbocycles. The van der Waals surface area contributed by atoms with Crippen LogP contribution in [0.3, 0.4) is 0 Å². The minimum Gasteiger partial charge on any atom is -0.319 e. The summed E-state index contributed by atoms with van der Waals surface area (Å²) in [6, 6.07) is 9.25. The predicted octanol–water partition coefficient (Wildman–Crippen LogP) is 5.07. The number of aryl methyl sites for hydroxylation is 1. The summed E-state index contributed by atoms with van der Waals surface area (Å²) in [5.74, 6) is -1.81. The van der Waals surface area contributed by atoms with E-state index >= 15 is 0 Å². The van der Waals surface area contributed by atoms with Crippen LogP contribution in [-0.4, -0.2) is 15.9 Å². The first-order valence-electron chi connectivity index (χ1n) is 8.82. The number of H-pyrrole nitrogens is 1. The van der Waals surface area contributed by atoms with Crippen LogP contribution in [0.2, 0.25) is 5.02 Å². The van der Waals surface area contributed by atoms with Crippen molar-refractivity contribution in [2.45, 2.75) is 13.5 Å². The average molecular weight is 446 g/mol. The van der Waals surface area contributed by atoms with E-state index in [2.05, 4.69) is 9.97 Å². The normalized spacial score (nSPS) is 11.1. The van der Waals surface area contributed by atoms with E-state index in [1.165, 1.54) is 40.5 Å². The monoisotopic (exact) mass is 445 g/mol. The van der Waals surface area contributed by atoms with Crippen molar-refractivity contribution in [2.75, 3.05) is 4.90 Å². The Morgan fingerprint density at radius 3 is 2.70 bits per heavy atom. The van der Waals surface area contributed by atoms with Gasteiger partial charge in [-0.05, 0) is 31.2 Å². The van der Waals surface area contributed by atoms with Crippen LogP contribution >= 0.6 is 22.9 Å². The third kappa shape index (κ3) is 3.71. The summed E-state index contributed by atoms with van der Waals surface area (Å²) in [4.78, 5) is 34.5. The van der Waals surface area contributed by atoms with Gasteiger partial charge < -0.3 is 9.88 Å². The van der Waals surface area contributed by atoms with Crippen molar-refractivity contribution < 1.29 is 13.6 Å². The zero-order chi connectivity index (χ0) is 21.4. The summed E-state index contributed by atoms with van der Waals surface area (Å²) in [5, 5.41) is 0.118. The fourth-order valence-corrected chi connectivity index (χ4v) is 4.06. The molecule has 1 amide bonds.